The standard InChI is InChI=1S/C15H12N2O5/c1-7-2-3-8(17(20)21)6-9(7)16-14(18)12-10-4-5-11(22-10)13(12)15(16)19/h2-6,10-13H,1H3/t10-,11+,12-,13-/m0/s1. The fourth-order valence-electron chi connectivity index (χ4n) is 3.49. The lowest BCUT2D eigenvalue weighted by molar-refractivity contribution is -0.384. The van der Waals surface area contributed by atoms with E-state index in [0.29, 0.717) is 5.56 Å². The van der Waals surface area contributed by atoms with Crippen LogP contribution in [0.1, 0.15) is 5.56 Å². The van der Waals surface area contributed by atoms with Gasteiger partial charge in [0, 0.05) is 12.1 Å². The summed E-state index contributed by atoms with van der Waals surface area (Å²) in [4.78, 5) is 36.8. The topological polar surface area (TPSA) is 89.8 Å². The largest absolute Gasteiger partial charge is 0.365 e. The van der Waals surface area contributed by atoms with Crippen molar-refractivity contribution in [2.75, 3.05) is 4.90 Å². The summed E-state index contributed by atoms with van der Waals surface area (Å²) in [6.07, 6.45) is 2.88. The first-order chi connectivity index (χ1) is 10.5. The molecule has 0 spiro atoms. The van der Waals surface area contributed by atoms with Crippen molar-refractivity contribution in [3.63, 3.8) is 0 Å². The van der Waals surface area contributed by atoms with E-state index in [1.54, 1.807) is 25.1 Å². The summed E-state index contributed by atoms with van der Waals surface area (Å²) in [5.74, 6) is -1.70. The molecule has 4 atom stereocenters. The van der Waals surface area contributed by atoms with Crippen LogP contribution in [0.15, 0.2) is 30.4 Å². The Balaban J connectivity index is 1.79. The number of ether oxygens (including phenoxy) is 1. The molecule has 0 aliphatic carbocycles. The number of rotatable bonds is 2. The average molecular weight is 300 g/mol. The highest BCUT2D eigenvalue weighted by Gasteiger charge is 2.61. The summed E-state index contributed by atoms with van der Waals surface area (Å²) in [6, 6.07) is 4.19. The quantitative estimate of drug-likeness (QED) is 0.356. The molecule has 4 rings (SSSR count). The third-order valence-corrected chi connectivity index (χ3v) is 4.56. The van der Waals surface area contributed by atoms with Crippen molar-refractivity contribution in [2.24, 2.45) is 11.8 Å². The van der Waals surface area contributed by atoms with Crippen molar-refractivity contribution in [1.82, 2.24) is 0 Å². The zero-order valence-corrected chi connectivity index (χ0v) is 11.6. The van der Waals surface area contributed by atoms with Crippen LogP contribution in [0, 0.1) is 28.9 Å². The van der Waals surface area contributed by atoms with Crippen molar-refractivity contribution in [3.05, 3.63) is 46.0 Å². The first-order valence-corrected chi connectivity index (χ1v) is 6.95. The molecule has 1 aromatic carbocycles. The lowest BCUT2D eigenvalue weighted by Gasteiger charge is -2.19. The van der Waals surface area contributed by atoms with Crippen LogP contribution in [-0.4, -0.2) is 28.9 Å². The Morgan fingerprint density at radius 1 is 1.14 bits per heavy atom. The van der Waals surface area contributed by atoms with Crippen LogP contribution in [-0.2, 0) is 14.3 Å². The van der Waals surface area contributed by atoms with Gasteiger partial charge in [-0.1, -0.05) is 18.2 Å². The van der Waals surface area contributed by atoms with Gasteiger partial charge in [-0.25, -0.2) is 4.90 Å². The number of hydrogen-bond donors (Lipinski definition) is 0. The van der Waals surface area contributed by atoms with E-state index in [-0.39, 0.29) is 35.4 Å². The monoisotopic (exact) mass is 300 g/mol. The predicted octanol–water partition coefficient (Wildman–Crippen LogP) is 1.35. The van der Waals surface area contributed by atoms with Gasteiger partial charge in [0.15, 0.2) is 0 Å². The summed E-state index contributed by atoms with van der Waals surface area (Å²) in [7, 11) is 0. The molecule has 2 bridgehead atoms. The molecule has 2 amide bonds. The summed E-state index contributed by atoms with van der Waals surface area (Å²) < 4.78 is 5.57. The van der Waals surface area contributed by atoms with Crippen LogP contribution in [0.5, 0.6) is 0 Å². The summed E-state index contributed by atoms with van der Waals surface area (Å²) in [5.41, 5.74) is 0.794. The first kappa shape index (κ1) is 13.1. The van der Waals surface area contributed by atoms with E-state index < -0.39 is 16.8 Å². The van der Waals surface area contributed by atoms with Crippen LogP contribution >= 0.6 is 0 Å². The number of carbonyl (C=O) groups is 2. The minimum atomic E-state index is -0.539. The molecule has 2 fully saturated rings. The summed E-state index contributed by atoms with van der Waals surface area (Å²) >= 11 is 0. The average Bonchev–Trinajstić information content (AvgIpc) is 3.14. The fraction of sp³-hybridized carbons (Fsp3) is 0.333. The molecule has 0 unspecified atom stereocenters. The molecule has 3 heterocycles. The third kappa shape index (κ3) is 1.54. The molecule has 0 N–H and O–H groups in total. The highest BCUT2D eigenvalue weighted by molar-refractivity contribution is 6.23. The fourth-order valence-corrected chi connectivity index (χ4v) is 3.49. The van der Waals surface area contributed by atoms with Crippen molar-refractivity contribution < 1.29 is 19.2 Å². The number of nitro groups is 1. The van der Waals surface area contributed by atoms with Crippen LogP contribution in [0.3, 0.4) is 0 Å². The summed E-state index contributed by atoms with van der Waals surface area (Å²) in [5, 5.41) is 10.9. The van der Waals surface area contributed by atoms with E-state index in [9.17, 15) is 19.7 Å². The number of amides is 2. The van der Waals surface area contributed by atoms with Gasteiger partial charge in [-0.15, -0.1) is 0 Å². The normalized spacial score (nSPS) is 32.0. The minimum Gasteiger partial charge on any atom is -0.365 e. The second-order valence-electron chi connectivity index (χ2n) is 5.74. The maximum Gasteiger partial charge on any atom is 0.271 e. The summed E-state index contributed by atoms with van der Waals surface area (Å²) in [6.45, 7) is 1.72. The van der Waals surface area contributed by atoms with E-state index in [1.165, 1.54) is 12.1 Å². The van der Waals surface area contributed by atoms with Crippen LogP contribution in [0.2, 0.25) is 0 Å². The Kier molecular flexibility index (Phi) is 2.53. The second kappa shape index (κ2) is 4.23. The van der Waals surface area contributed by atoms with Gasteiger partial charge in [-0.3, -0.25) is 19.7 Å². The zero-order chi connectivity index (χ0) is 15.6. The van der Waals surface area contributed by atoms with Crippen molar-refractivity contribution in [3.8, 4) is 0 Å². The van der Waals surface area contributed by atoms with Crippen LogP contribution < -0.4 is 4.90 Å². The van der Waals surface area contributed by atoms with E-state index in [2.05, 4.69) is 0 Å². The number of imide groups is 1. The number of fused-ring (bicyclic) bond motifs is 5. The molecule has 112 valence electrons. The molecule has 1 aromatic rings. The molecule has 7 heteroatoms. The number of non-ortho nitro benzene ring substituents is 1. The zero-order valence-electron chi connectivity index (χ0n) is 11.6. The molecular weight excluding hydrogens is 288 g/mol. The van der Waals surface area contributed by atoms with Crippen molar-refractivity contribution in [2.45, 2.75) is 19.1 Å². The Bertz CT molecular complexity index is 726. The van der Waals surface area contributed by atoms with E-state index in [4.69, 9.17) is 4.74 Å². The Labute approximate surface area is 125 Å². The molecule has 2 saturated heterocycles. The smallest absolute Gasteiger partial charge is 0.271 e. The SMILES string of the molecule is Cc1ccc([N+](=O)[O-])cc1N1C(=O)[C@@H]2[C@@H](C1=O)[C@H]1C=C[C@@H]2O1. The van der Waals surface area contributed by atoms with Gasteiger partial charge < -0.3 is 4.74 Å². The number of hydrogen-bond acceptors (Lipinski definition) is 5. The number of anilines is 1. The molecule has 3 aliphatic rings. The predicted molar refractivity (Wildman–Crippen MR) is 75.1 cm³/mol. The van der Waals surface area contributed by atoms with Crippen molar-refractivity contribution in [1.29, 1.82) is 0 Å². The maximum absolute atomic E-state index is 12.6. The van der Waals surface area contributed by atoms with Crippen LogP contribution in [0.4, 0.5) is 11.4 Å². The number of nitrogens with zero attached hydrogens (tertiary/aromatic N) is 2. The number of carbonyl (C=O) groups excluding carboxylic acids is 2. The first-order valence-electron chi connectivity index (χ1n) is 6.95. The highest BCUT2D eigenvalue weighted by Crippen LogP contribution is 2.46. The molecule has 22 heavy (non-hydrogen) atoms. The van der Waals surface area contributed by atoms with Gasteiger partial charge in [0.1, 0.15) is 0 Å². The van der Waals surface area contributed by atoms with Gasteiger partial charge >= 0.3 is 0 Å². The number of nitro benzene ring substituents is 1. The van der Waals surface area contributed by atoms with Crippen LogP contribution in [0.25, 0.3) is 0 Å². The number of benzene rings is 1. The van der Waals surface area contributed by atoms with Crippen molar-refractivity contribution >= 4 is 23.2 Å². The van der Waals surface area contributed by atoms with Gasteiger partial charge in [0.25, 0.3) is 5.69 Å². The van der Waals surface area contributed by atoms with E-state index in [0.717, 1.165) is 4.90 Å². The lowest BCUT2D eigenvalue weighted by atomic mass is 9.85. The molecule has 0 saturated carbocycles. The molecule has 7 nitrogen and oxygen atoms in total. The van der Waals surface area contributed by atoms with E-state index >= 15 is 0 Å². The number of aryl methyl sites for hydroxylation is 1. The molecular formula is C15H12N2O5. The van der Waals surface area contributed by atoms with E-state index in [1.807, 2.05) is 0 Å². The molecule has 0 radical (unpaired) electrons. The molecule has 3 aliphatic heterocycles. The highest BCUT2D eigenvalue weighted by atomic mass is 16.6. The Morgan fingerprint density at radius 2 is 1.73 bits per heavy atom. The second-order valence-corrected chi connectivity index (χ2v) is 5.74. The minimum absolute atomic E-state index is 0.143. The third-order valence-electron chi connectivity index (χ3n) is 4.56. The lowest BCUT2D eigenvalue weighted by Crippen LogP contribution is -2.34. The van der Waals surface area contributed by atoms with Gasteiger partial charge in [-0.2, -0.15) is 0 Å². The Hall–Kier alpha value is -2.54. The molecule has 0 aromatic heterocycles. The van der Waals surface area contributed by atoms with Gasteiger partial charge in [0.05, 0.1) is 34.7 Å². The van der Waals surface area contributed by atoms with Gasteiger partial charge in [0.2, 0.25) is 11.8 Å². The Morgan fingerprint density at radius 3 is 2.27 bits per heavy atom. The maximum atomic E-state index is 12.6. The van der Waals surface area contributed by atoms with Gasteiger partial charge in [-0.05, 0) is 12.5 Å².